The molecule has 2 atom stereocenters. The summed E-state index contributed by atoms with van der Waals surface area (Å²) in [4.78, 5) is 11.5. The lowest BCUT2D eigenvalue weighted by Gasteiger charge is -2.14. The number of aromatic hydroxyl groups is 1. The van der Waals surface area contributed by atoms with Crippen molar-refractivity contribution in [2.24, 2.45) is 0 Å². The minimum absolute atomic E-state index is 0.223. The number of phenolic OH excluding ortho intramolecular Hbond substituents is 1. The topological polar surface area (TPSA) is 84.9 Å². The van der Waals surface area contributed by atoms with Crippen LogP contribution in [0.4, 0.5) is 0 Å². The first kappa shape index (κ1) is 23.0. The number of nitrogens with one attached hydrogen (secondary N) is 1. The van der Waals surface area contributed by atoms with Crippen LogP contribution in [0.3, 0.4) is 0 Å². The maximum Gasteiger partial charge on any atom is 0.333 e. The summed E-state index contributed by atoms with van der Waals surface area (Å²) in [7, 11) is 1.72. The van der Waals surface area contributed by atoms with E-state index in [0.29, 0.717) is 18.8 Å². The van der Waals surface area contributed by atoms with E-state index in [-0.39, 0.29) is 17.8 Å². The summed E-state index contributed by atoms with van der Waals surface area (Å²) >= 11 is 5.40. The number of ether oxygens (including phenoxy) is 1. The number of likely N-dealkylation sites (N-methyl/N-ethyl adjacent to an activating group) is 1. The summed E-state index contributed by atoms with van der Waals surface area (Å²) in [5.41, 5.74) is 0.977. The Balaban J connectivity index is 0.000000289. The van der Waals surface area contributed by atoms with Gasteiger partial charge in [0.2, 0.25) is 0 Å². The Bertz CT molecular complexity index is 734. The van der Waals surface area contributed by atoms with Crippen LogP contribution in [0.1, 0.15) is 12.5 Å². The molecule has 0 saturated heterocycles. The Morgan fingerprint density at radius 3 is 2.26 bits per heavy atom. The van der Waals surface area contributed by atoms with E-state index in [1.807, 2.05) is 6.07 Å². The van der Waals surface area contributed by atoms with Gasteiger partial charge < -0.3 is 19.7 Å². The van der Waals surface area contributed by atoms with Crippen molar-refractivity contribution in [1.82, 2.24) is 5.32 Å². The van der Waals surface area contributed by atoms with Crippen LogP contribution in [-0.4, -0.2) is 37.4 Å². The van der Waals surface area contributed by atoms with Gasteiger partial charge in [0, 0.05) is 6.66 Å². The highest BCUT2D eigenvalue weighted by molar-refractivity contribution is 7.85. The van der Waals surface area contributed by atoms with Gasteiger partial charge in [-0.05, 0) is 61.5 Å². The zero-order valence-electron chi connectivity index (χ0n) is 15.6. The Morgan fingerprint density at radius 1 is 1.19 bits per heavy atom. The monoisotopic (exact) mass is 413 g/mol. The fourth-order valence-electron chi connectivity index (χ4n) is 2.08. The van der Waals surface area contributed by atoms with Crippen LogP contribution in [0.5, 0.6) is 11.5 Å². The third kappa shape index (κ3) is 10.0. The van der Waals surface area contributed by atoms with E-state index in [2.05, 4.69) is 5.32 Å². The molecule has 2 aromatic rings. The molecule has 148 valence electrons. The first-order valence-corrected chi connectivity index (χ1v) is 11.4. The van der Waals surface area contributed by atoms with Gasteiger partial charge in [0.25, 0.3) is 0 Å². The number of esters is 1. The molecule has 0 aromatic heterocycles. The minimum Gasteiger partial charge on any atom is -0.508 e. The maximum absolute atomic E-state index is 11.5. The summed E-state index contributed by atoms with van der Waals surface area (Å²) in [5.74, 6) is 0.507. The molecule has 0 aliphatic rings. The SMILES string of the molecule is CCOC(=O)C(Cc1ccc(O)cc1)NC.CP(=O)(Cl)Oc1ccccc1. The largest absolute Gasteiger partial charge is 0.508 e. The predicted octanol–water partition coefficient (Wildman–Crippen LogP) is 4.21. The number of carbonyl (C=O) groups excluding carboxylic acids is 1. The number of hydrogen-bond donors (Lipinski definition) is 2. The zero-order chi connectivity index (χ0) is 20.3. The molecular weight excluding hydrogens is 389 g/mol. The summed E-state index contributed by atoms with van der Waals surface area (Å²) in [6, 6.07) is 15.3. The van der Waals surface area contributed by atoms with Crippen molar-refractivity contribution in [3.8, 4) is 11.5 Å². The highest BCUT2D eigenvalue weighted by Gasteiger charge is 2.17. The van der Waals surface area contributed by atoms with Crippen molar-refractivity contribution in [3.05, 3.63) is 60.2 Å². The van der Waals surface area contributed by atoms with Crippen molar-refractivity contribution >= 4 is 23.9 Å². The fraction of sp³-hybridized carbons (Fsp3) is 0.316. The van der Waals surface area contributed by atoms with Gasteiger partial charge >= 0.3 is 12.7 Å². The lowest BCUT2D eigenvalue weighted by Crippen LogP contribution is -2.37. The second-order valence-electron chi connectivity index (χ2n) is 5.61. The molecule has 0 saturated carbocycles. The molecule has 0 aliphatic heterocycles. The Hall–Kier alpha value is -2.01. The summed E-state index contributed by atoms with van der Waals surface area (Å²) in [6.07, 6.45) is 0.551. The lowest BCUT2D eigenvalue weighted by atomic mass is 10.1. The third-order valence-electron chi connectivity index (χ3n) is 3.31. The Kier molecular flexibility index (Phi) is 9.94. The molecule has 6 nitrogen and oxygen atoms in total. The van der Waals surface area contributed by atoms with Gasteiger partial charge in [0.1, 0.15) is 17.5 Å². The van der Waals surface area contributed by atoms with E-state index >= 15 is 0 Å². The van der Waals surface area contributed by atoms with Crippen molar-refractivity contribution in [2.45, 2.75) is 19.4 Å². The number of carbonyl (C=O) groups is 1. The van der Waals surface area contributed by atoms with E-state index in [1.165, 1.54) is 6.66 Å². The molecule has 2 rings (SSSR count). The molecular formula is C19H25ClNO5P. The van der Waals surface area contributed by atoms with Crippen LogP contribution in [0.2, 0.25) is 0 Å². The quantitative estimate of drug-likeness (QED) is 0.522. The molecule has 2 aromatic carbocycles. The molecule has 0 bridgehead atoms. The van der Waals surface area contributed by atoms with Gasteiger partial charge in [-0.15, -0.1) is 0 Å². The highest BCUT2D eigenvalue weighted by Crippen LogP contribution is 2.47. The van der Waals surface area contributed by atoms with Gasteiger partial charge in [-0.2, -0.15) is 0 Å². The molecule has 0 radical (unpaired) electrons. The number of para-hydroxylation sites is 1. The van der Waals surface area contributed by atoms with Crippen molar-refractivity contribution in [3.63, 3.8) is 0 Å². The molecule has 0 spiro atoms. The van der Waals surface area contributed by atoms with Gasteiger partial charge in [-0.1, -0.05) is 30.3 Å². The van der Waals surface area contributed by atoms with Crippen LogP contribution < -0.4 is 9.84 Å². The van der Waals surface area contributed by atoms with E-state index in [9.17, 15) is 9.36 Å². The first-order chi connectivity index (χ1) is 12.7. The van der Waals surface area contributed by atoms with Gasteiger partial charge in [-0.25, -0.2) is 0 Å². The predicted molar refractivity (Wildman–Crippen MR) is 108 cm³/mol. The Labute approximate surface area is 164 Å². The van der Waals surface area contributed by atoms with Crippen molar-refractivity contribution < 1.29 is 23.7 Å². The zero-order valence-corrected chi connectivity index (χ0v) is 17.2. The molecule has 2 N–H and O–H groups in total. The summed E-state index contributed by atoms with van der Waals surface area (Å²) < 4.78 is 20.8. The van der Waals surface area contributed by atoms with Gasteiger partial charge in [0.05, 0.1) is 6.61 Å². The molecule has 0 amide bonds. The lowest BCUT2D eigenvalue weighted by molar-refractivity contribution is -0.145. The van der Waals surface area contributed by atoms with Crippen molar-refractivity contribution in [1.29, 1.82) is 0 Å². The number of halogens is 1. The number of rotatable bonds is 7. The average Bonchev–Trinajstić information content (AvgIpc) is 2.61. The number of benzene rings is 2. The standard InChI is InChI=1S/C12H17NO3.C7H8ClO2P/c1-3-16-12(15)11(13-2)8-9-4-6-10(14)7-5-9;1-11(8,9)10-7-5-3-2-4-6-7/h4-7,11,13-14H,3,8H2,1-2H3;2-6H,1H3. The third-order valence-corrected chi connectivity index (χ3v) is 4.05. The van der Waals surface area contributed by atoms with E-state index in [4.69, 9.17) is 25.6 Å². The van der Waals surface area contributed by atoms with Crippen LogP contribution in [0.25, 0.3) is 0 Å². The average molecular weight is 414 g/mol. The van der Waals surface area contributed by atoms with Crippen LogP contribution >= 0.6 is 18.0 Å². The minimum atomic E-state index is -2.92. The second kappa shape index (κ2) is 11.7. The summed E-state index contributed by atoms with van der Waals surface area (Å²) in [5, 5.41) is 12.0. The molecule has 2 unspecified atom stereocenters. The smallest absolute Gasteiger partial charge is 0.333 e. The van der Waals surface area contributed by atoms with E-state index in [1.54, 1.807) is 62.5 Å². The molecule has 0 fully saturated rings. The van der Waals surface area contributed by atoms with Gasteiger partial charge in [-0.3, -0.25) is 9.36 Å². The normalized spacial score (nSPS) is 13.5. The molecule has 0 heterocycles. The number of hydrogen-bond acceptors (Lipinski definition) is 6. The van der Waals surface area contributed by atoms with Crippen LogP contribution in [0.15, 0.2) is 54.6 Å². The van der Waals surface area contributed by atoms with E-state index < -0.39 is 6.72 Å². The number of phenols is 1. The van der Waals surface area contributed by atoms with Crippen molar-refractivity contribution in [2.75, 3.05) is 20.3 Å². The van der Waals surface area contributed by atoms with Gasteiger partial charge in [0.15, 0.2) is 0 Å². The Morgan fingerprint density at radius 2 is 1.78 bits per heavy atom. The molecule has 8 heteroatoms. The fourth-order valence-corrected chi connectivity index (χ4v) is 2.82. The van der Waals surface area contributed by atoms with Crippen LogP contribution in [0, 0.1) is 0 Å². The maximum atomic E-state index is 11.5. The second-order valence-corrected chi connectivity index (χ2v) is 9.13. The molecule has 0 aliphatic carbocycles. The first-order valence-electron chi connectivity index (χ1n) is 8.38. The molecule has 27 heavy (non-hydrogen) atoms. The summed E-state index contributed by atoms with van der Waals surface area (Å²) in [6.45, 7) is 0.612. The highest BCUT2D eigenvalue weighted by atomic mass is 35.7. The van der Waals surface area contributed by atoms with Crippen LogP contribution in [-0.2, 0) is 20.5 Å². The van der Waals surface area contributed by atoms with E-state index in [0.717, 1.165) is 5.56 Å².